The Labute approximate surface area is 331 Å². The Morgan fingerprint density at radius 3 is 2.55 bits per heavy atom. The van der Waals surface area contributed by atoms with Crippen molar-refractivity contribution in [3.63, 3.8) is 0 Å². The van der Waals surface area contributed by atoms with Crippen LogP contribution < -0.4 is 0 Å². The molecule has 56 heavy (non-hydrogen) atoms. The molecule has 9 aliphatic rings. The number of terminal acetylenes is 1. The number of ether oxygens (including phenoxy) is 2. The van der Waals surface area contributed by atoms with Gasteiger partial charge in [-0.15, -0.1) is 6.42 Å². The second-order valence-corrected chi connectivity index (χ2v) is 19.2. The van der Waals surface area contributed by atoms with Crippen molar-refractivity contribution in [2.24, 2.45) is 62.7 Å². The molecule has 0 saturated heterocycles. The van der Waals surface area contributed by atoms with Crippen molar-refractivity contribution in [3.8, 4) is 12.3 Å². The molecule has 0 radical (unpaired) electrons. The molecule has 9 rings (SSSR count). The predicted molar refractivity (Wildman–Crippen MR) is 211 cm³/mol. The van der Waals surface area contributed by atoms with Crippen molar-refractivity contribution in [1.82, 2.24) is 0 Å². The maximum absolute atomic E-state index is 13.5. The minimum absolute atomic E-state index is 0.00898. The lowest BCUT2D eigenvalue weighted by Gasteiger charge is -2.59. The SMILES string of the molecule is C#C[C@]1(O)CC[C@H]2[C@@H]3CCC4=CC(=O)CC[C@@H]4[C@H]3C(=C)C[C@@]21CC.CC(=O)OCC(=O)[C@@]12N=C(C)O[C@@H]1C[C@H]1[C@@H]3CCC4=CC(=O)C=C[C@]4(C)[C@H]3[C@@H](O)C[C@@]12C. The third-order valence-corrected chi connectivity index (χ3v) is 17.1. The monoisotopic (exact) mass is 765 g/mol. The molecular weight excluding hydrogens is 707 g/mol. The number of carbonyl (C=O) groups excluding carboxylic acids is 4. The molecule has 0 aromatic rings. The van der Waals surface area contributed by atoms with Crippen LogP contribution >= 0.6 is 0 Å². The van der Waals surface area contributed by atoms with E-state index in [9.17, 15) is 29.4 Å². The highest BCUT2D eigenvalue weighted by Crippen LogP contribution is 2.70. The molecule has 300 valence electrons. The van der Waals surface area contributed by atoms with E-state index in [1.165, 1.54) is 18.1 Å². The van der Waals surface area contributed by atoms with Gasteiger partial charge in [-0.05, 0) is 124 Å². The average Bonchev–Trinajstić information content (AvgIpc) is 3.74. The highest BCUT2D eigenvalue weighted by atomic mass is 16.5. The quantitative estimate of drug-likeness (QED) is 0.185. The van der Waals surface area contributed by atoms with Gasteiger partial charge in [0.1, 0.15) is 11.7 Å². The standard InChI is InChI=1S/C25H31NO6.C22H28O2/c1-13-26-25(20(30)12-31-14(2)27)21(32-13)10-18-17-6-5-15-9-16(28)7-8-23(15,3)22(17)19(29)11-24(18,25)4;1-4-21-13-14(3)20-17-9-7-16(23)12-15(17)6-8-18(20)19(21)10-11-22(21,24)5-2/h7-9,17-19,21-22,29H,5-6,10-12H2,1-4H3;2,12,17-20,24H,3-4,6-11,13H2,1H3/t17-,18-,19-,21+,22+,23-,24-,25+;17-,18-,19-,20+,21-,22-/m00/s1. The molecule has 1 heterocycles. The summed E-state index contributed by atoms with van der Waals surface area (Å²) in [6.45, 7) is 13.5. The summed E-state index contributed by atoms with van der Waals surface area (Å²) in [4.78, 5) is 53.5. The molecule has 6 fully saturated rings. The van der Waals surface area contributed by atoms with Gasteiger partial charge in [0, 0.05) is 42.4 Å². The Morgan fingerprint density at radius 2 is 1.84 bits per heavy atom. The summed E-state index contributed by atoms with van der Waals surface area (Å²) in [6.07, 6.45) is 22.1. The van der Waals surface area contributed by atoms with E-state index < -0.39 is 34.7 Å². The summed E-state index contributed by atoms with van der Waals surface area (Å²) >= 11 is 0. The average molecular weight is 766 g/mol. The zero-order valence-corrected chi connectivity index (χ0v) is 33.8. The lowest BCUT2D eigenvalue weighted by atomic mass is 9.46. The van der Waals surface area contributed by atoms with Gasteiger partial charge in [-0.2, -0.15) is 0 Å². The summed E-state index contributed by atoms with van der Waals surface area (Å²) in [5.41, 5.74) is 0.436. The van der Waals surface area contributed by atoms with E-state index in [1.54, 1.807) is 19.1 Å². The smallest absolute Gasteiger partial charge is 0.303 e. The first-order chi connectivity index (χ1) is 26.5. The van der Waals surface area contributed by atoms with Crippen LogP contribution in [0.4, 0.5) is 0 Å². The normalized spacial score (nSPS) is 46.6. The van der Waals surface area contributed by atoms with Crippen LogP contribution in [0.1, 0.15) is 112 Å². The lowest BCUT2D eigenvalue weighted by molar-refractivity contribution is -0.155. The zero-order chi connectivity index (χ0) is 40.2. The fraction of sp³-hybridized carbons (Fsp3) is 0.681. The van der Waals surface area contributed by atoms with Gasteiger partial charge in [0.25, 0.3) is 0 Å². The van der Waals surface area contributed by atoms with Crippen molar-refractivity contribution in [1.29, 1.82) is 0 Å². The third-order valence-electron chi connectivity index (χ3n) is 17.1. The first-order valence-electron chi connectivity index (χ1n) is 21.1. The highest BCUT2D eigenvalue weighted by molar-refractivity contribution is 6.01. The van der Waals surface area contributed by atoms with Crippen LogP contribution in [0.25, 0.3) is 0 Å². The summed E-state index contributed by atoms with van der Waals surface area (Å²) in [5, 5.41) is 22.7. The number of hydrogen-bond donors (Lipinski definition) is 2. The third kappa shape index (κ3) is 5.36. The summed E-state index contributed by atoms with van der Waals surface area (Å²) in [7, 11) is 0. The van der Waals surface area contributed by atoms with Gasteiger partial charge in [-0.25, -0.2) is 4.99 Å². The Kier molecular flexibility index (Phi) is 9.44. The number of esters is 1. The second kappa shape index (κ2) is 13.5. The Morgan fingerprint density at radius 1 is 1.09 bits per heavy atom. The molecule has 1 aliphatic heterocycles. The van der Waals surface area contributed by atoms with Crippen LogP contribution in [0.15, 0.2) is 52.6 Å². The number of hydrogen-bond acceptors (Lipinski definition) is 9. The number of aliphatic hydroxyl groups excluding tert-OH is 1. The summed E-state index contributed by atoms with van der Waals surface area (Å²) < 4.78 is 11.2. The largest absolute Gasteiger partial charge is 0.475 e. The Balaban J connectivity index is 0.000000164. The number of Topliss-reactive ketones (excluding diaryl/α,β-unsaturated/α-hetero) is 1. The fourth-order valence-corrected chi connectivity index (χ4v) is 14.9. The fourth-order valence-electron chi connectivity index (χ4n) is 14.9. The minimum atomic E-state index is -1.15. The van der Waals surface area contributed by atoms with Crippen LogP contribution in [0.3, 0.4) is 0 Å². The van der Waals surface area contributed by atoms with E-state index in [0.29, 0.717) is 54.6 Å². The summed E-state index contributed by atoms with van der Waals surface area (Å²) in [6, 6.07) is 0. The maximum atomic E-state index is 13.5. The molecule has 9 nitrogen and oxygen atoms in total. The number of ketones is 3. The molecule has 6 saturated carbocycles. The molecule has 0 unspecified atom stereocenters. The van der Waals surface area contributed by atoms with E-state index in [-0.39, 0.29) is 46.8 Å². The molecule has 0 aromatic heterocycles. The van der Waals surface area contributed by atoms with Crippen LogP contribution in [-0.4, -0.2) is 69.4 Å². The van der Waals surface area contributed by atoms with Crippen LogP contribution in [0.5, 0.6) is 0 Å². The lowest BCUT2D eigenvalue weighted by Crippen LogP contribution is -2.62. The van der Waals surface area contributed by atoms with Crippen LogP contribution in [0.2, 0.25) is 0 Å². The van der Waals surface area contributed by atoms with Crippen molar-refractivity contribution in [3.05, 3.63) is 47.6 Å². The van der Waals surface area contributed by atoms with Gasteiger partial charge in [0.2, 0.25) is 5.78 Å². The molecular formula is C47H59NO8. The second-order valence-electron chi connectivity index (χ2n) is 19.2. The number of fused-ring (bicyclic) bond motifs is 12. The molecule has 9 heteroatoms. The maximum Gasteiger partial charge on any atom is 0.303 e. The highest BCUT2D eigenvalue weighted by Gasteiger charge is 2.75. The number of carbonyl (C=O) groups is 4. The zero-order valence-electron chi connectivity index (χ0n) is 33.8. The van der Waals surface area contributed by atoms with E-state index in [4.69, 9.17) is 20.9 Å². The van der Waals surface area contributed by atoms with E-state index in [0.717, 1.165) is 63.4 Å². The molecule has 14 atom stereocenters. The molecule has 0 bridgehead atoms. The Bertz CT molecular complexity index is 1930. The molecule has 0 aromatic carbocycles. The molecule has 0 amide bonds. The van der Waals surface area contributed by atoms with E-state index in [1.807, 2.05) is 12.2 Å². The molecule has 0 spiro atoms. The topological polar surface area (TPSA) is 140 Å². The Hall–Kier alpha value is -3.61. The number of aliphatic imine (C=N–C) groups is 1. The van der Waals surface area contributed by atoms with Gasteiger partial charge in [0.15, 0.2) is 29.6 Å². The number of nitrogens with zero attached hydrogens (tertiary/aromatic N) is 1. The van der Waals surface area contributed by atoms with Crippen LogP contribution in [-0.2, 0) is 28.7 Å². The molecule has 8 aliphatic carbocycles. The van der Waals surface area contributed by atoms with Crippen LogP contribution in [0, 0.1) is 70.0 Å². The number of allylic oxidation sites excluding steroid dienone is 6. The van der Waals surface area contributed by atoms with Gasteiger partial charge in [-0.3, -0.25) is 19.2 Å². The van der Waals surface area contributed by atoms with E-state index >= 15 is 0 Å². The van der Waals surface area contributed by atoms with Crippen molar-refractivity contribution in [2.75, 3.05) is 6.61 Å². The van der Waals surface area contributed by atoms with Crippen molar-refractivity contribution < 1.29 is 38.9 Å². The van der Waals surface area contributed by atoms with Gasteiger partial charge >= 0.3 is 5.97 Å². The molecule has 2 N–H and O–H groups in total. The van der Waals surface area contributed by atoms with Crippen molar-refractivity contribution in [2.45, 2.75) is 135 Å². The first-order valence-corrected chi connectivity index (χ1v) is 21.1. The van der Waals surface area contributed by atoms with E-state index in [2.05, 4.69) is 33.3 Å². The number of aliphatic hydroxyl groups is 2. The van der Waals surface area contributed by atoms with Gasteiger partial charge in [-0.1, -0.05) is 56.1 Å². The first kappa shape index (κ1) is 39.2. The van der Waals surface area contributed by atoms with Crippen molar-refractivity contribution >= 4 is 29.2 Å². The van der Waals surface area contributed by atoms with Gasteiger partial charge < -0.3 is 19.7 Å². The minimum Gasteiger partial charge on any atom is -0.475 e. The summed E-state index contributed by atoms with van der Waals surface area (Å²) in [5.74, 6) is 5.11. The van der Waals surface area contributed by atoms with Gasteiger partial charge in [0.05, 0.1) is 6.10 Å². The number of rotatable bonds is 4. The predicted octanol–water partition coefficient (Wildman–Crippen LogP) is 6.61.